The summed E-state index contributed by atoms with van der Waals surface area (Å²) in [5.41, 5.74) is 1.52. The summed E-state index contributed by atoms with van der Waals surface area (Å²) in [5.74, 6) is -0.0855. The van der Waals surface area contributed by atoms with Gasteiger partial charge in [0, 0.05) is 17.5 Å². The molecule has 1 aromatic rings. The van der Waals surface area contributed by atoms with Gasteiger partial charge in [-0.15, -0.1) is 0 Å². The Labute approximate surface area is 137 Å². The number of rotatable bonds is 2. The van der Waals surface area contributed by atoms with Crippen molar-refractivity contribution in [2.24, 2.45) is 11.3 Å². The lowest BCUT2D eigenvalue weighted by Crippen LogP contribution is -2.50. The third-order valence-corrected chi connectivity index (χ3v) is 5.98. The highest BCUT2D eigenvalue weighted by atomic mass is 16.1. The lowest BCUT2D eigenvalue weighted by molar-refractivity contribution is 0.0556. The number of nitrogens with zero attached hydrogens (tertiary/aromatic N) is 1. The average Bonchev–Trinajstić information content (AvgIpc) is 2.56. The Bertz CT molecular complexity index is 757. The molecule has 1 saturated carbocycles. The van der Waals surface area contributed by atoms with Crippen LogP contribution in [-0.2, 0) is 5.41 Å². The van der Waals surface area contributed by atoms with Crippen LogP contribution in [0.15, 0.2) is 30.9 Å². The lowest BCUT2D eigenvalue weighted by Gasteiger charge is -2.52. The standard InChI is InChI=1S/C20H21NO2/c1-4-16(22)13-6-7-15-14(10-13)17(23)11-18-19(2,12-21)8-5-9-20(15,18)3/h4,6-7,10,18H,1,5,8-9,11H2,2-3H3/t18-,19-,20+/m0/s1. The zero-order chi connectivity index (χ0) is 16.8. The molecule has 1 fully saturated rings. The molecular weight excluding hydrogens is 286 g/mol. The molecule has 0 unspecified atom stereocenters. The van der Waals surface area contributed by atoms with Gasteiger partial charge in [-0.2, -0.15) is 5.26 Å². The fourth-order valence-electron chi connectivity index (χ4n) is 4.62. The summed E-state index contributed by atoms with van der Waals surface area (Å²) in [5, 5.41) is 9.67. The highest BCUT2D eigenvalue weighted by molar-refractivity contribution is 6.07. The van der Waals surface area contributed by atoms with Crippen molar-refractivity contribution in [2.75, 3.05) is 0 Å². The molecule has 3 atom stereocenters. The second-order valence-electron chi connectivity index (χ2n) is 7.31. The summed E-state index contributed by atoms with van der Waals surface area (Å²) < 4.78 is 0. The van der Waals surface area contributed by atoms with Crippen molar-refractivity contribution in [3.63, 3.8) is 0 Å². The van der Waals surface area contributed by atoms with Crippen molar-refractivity contribution >= 4 is 11.6 Å². The van der Waals surface area contributed by atoms with Gasteiger partial charge in [-0.05, 0) is 48.8 Å². The molecule has 0 heterocycles. The number of hydrogen-bond acceptors (Lipinski definition) is 3. The van der Waals surface area contributed by atoms with E-state index in [0.717, 1.165) is 24.8 Å². The van der Waals surface area contributed by atoms with E-state index in [1.165, 1.54) is 6.08 Å². The van der Waals surface area contributed by atoms with E-state index in [9.17, 15) is 14.9 Å². The van der Waals surface area contributed by atoms with Gasteiger partial charge in [-0.25, -0.2) is 0 Å². The van der Waals surface area contributed by atoms with E-state index < -0.39 is 5.41 Å². The fraction of sp³-hybridized carbons (Fsp3) is 0.450. The minimum Gasteiger partial charge on any atom is -0.294 e. The Morgan fingerprint density at radius 3 is 2.78 bits per heavy atom. The quantitative estimate of drug-likeness (QED) is 0.607. The first kappa shape index (κ1) is 15.7. The van der Waals surface area contributed by atoms with Gasteiger partial charge in [-0.3, -0.25) is 9.59 Å². The Balaban J connectivity index is 2.16. The zero-order valence-corrected chi connectivity index (χ0v) is 13.7. The first-order valence-corrected chi connectivity index (χ1v) is 8.11. The molecule has 0 aliphatic heterocycles. The van der Waals surface area contributed by atoms with E-state index in [1.807, 2.05) is 13.0 Å². The summed E-state index contributed by atoms with van der Waals surface area (Å²) in [6.45, 7) is 7.67. The summed E-state index contributed by atoms with van der Waals surface area (Å²) in [6.07, 6.45) is 4.47. The maximum atomic E-state index is 12.7. The van der Waals surface area contributed by atoms with Crippen LogP contribution in [0.5, 0.6) is 0 Å². The molecule has 0 aromatic heterocycles. The van der Waals surface area contributed by atoms with Gasteiger partial charge in [0.2, 0.25) is 0 Å². The molecule has 2 aliphatic carbocycles. The molecule has 23 heavy (non-hydrogen) atoms. The van der Waals surface area contributed by atoms with Gasteiger partial charge < -0.3 is 0 Å². The highest BCUT2D eigenvalue weighted by Crippen LogP contribution is 2.56. The Morgan fingerprint density at radius 1 is 1.39 bits per heavy atom. The van der Waals surface area contributed by atoms with E-state index in [2.05, 4.69) is 19.6 Å². The normalized spacial score (nSPS) is 32.4. The number of nitriles is 1. The molecular formula is C20H21NO2. The monoisotopic (exact) mass is 307 g/mol. The molecule has 3 rings (SSSR count). The number of allylic oxidation sites excluding steroid dienone is 1. The second kappa shape index (κ2) is 5.16. The van der Waals surface area contributed by atoms with Crippen molar-refractivity contribution in [3.8, 4) is 6.07 Å². The predicted octanol–water partition coefficient (Wildman–Crippen LogP) is 4.23. The summed E-state index contributed by atoms with van der Waals surface area (Å²) in [4.78, 5) is 24.5. The number of fused-ring (bicyclic) bond motifs is 3. The van der Waals surface area contributed by atoms with Crippen molar-refractivity contribution < 1.29 is 9.59 Å². The zero-order valence-electron chi connectivity index (χ0n) is 13.7. The van der Waals surface area contributed by atoms with Crippen LogP contribution in [0.25, 0.3) is 0 Å². The van der Waals surface area contributed by atoms with Gasteiger partial charge in [0.25, 0.3) is 0 Å². The molecule has 3 nitrogen and oxygen atoms in total. The Hall–Kier alpha value is -2.21. The van der Waals surface area contributed by atoms with Crippen LogP contribution >= 0.6 is 0 Å². The second-order valence-corrected chi connectivity index (χ2v) is 7.31. The van der Waals surface area contributed by atoms with E-state index in [1.54, 1.807) is 12.1 Å². The topological polar surface area (TPSA) is 57.9 Å². The van der Waals surface area contributed by atoms with Gasteiger partial charge in [0.1, 0.15) is 0 Å². The average molecular weight is 307 g/mol. The highest BCUT2D eigenvalue weighted by Gasteiger charge is 2.54. The number of hydrogen-bond donors (Lipinski definition) is 0. The van der Waals surface area contributed by atoms with Crippen LogP contribution < -0.4 is 0 Å². The molecule has 0 amide bonds. The molecule has 3 heteroatoms. The van der Waals surface area contributed by atoms with Crippen molar-refractivity contribution in [2.45, 2.75) is 44.9 Å². The van der Waals surface area contributed by atoms with E-state index in [0.29, 0.717) is 17.5 Å². The third-order valence-electron chi connectivity index (χ3n) is 5.98. The summed E-state index contributed by atoms with van der Waals surface area (Å²) in [7, 11) is 0. The first-order chi connectivity index (χ1) is 10.9. The molecule has 0 spiro atoms. The molecule has 0 N–H and O–H groups in total. The third kappa shape index (κ3) is 2.16. The minimum absolute atomic E-state index is 0.0368. The van der Waals surface area contributed by atoms with Crippen LogP contribution in [0, 0.1) is 22.7 Å². The molecule has 0 bridgehead atoms. The maximum absolute atomic E-state index is 12.7. The number of carbonyl (C=O) groups excluding carboxylic acids is 2. The Morgan fingerprint density at radius 2 is 2.13 bits per heavy atom. The van der Waals surface area contributed by atoms with Crippen LogP contribution in [0.3, 0.4) is 0 Å². The number of Topliss-reactive ketones (excluding diaryl/α,β-unsaturated/α-hetero) is 1. The lowest BCUT2D eigenvalue weighted by atomic mass is 9.50. The molecule has 118 valence electrons. The van der Waals surface area contributed by atoms with E-state index in [-0.39, 0.29) is 22.9 Å². The smallest absolute Gasteiger partial charge is 0.185 e. The predicted molar refractivity (Wildman–Crippen MR) is 88.3 cm³/mol. The number of ketones is 2. The van der Waals surface area contributed by atoms with Crippen LogP contribution in [0.2, 0.25) is 0 Å². The molecule has 1 aromatic carbocycles. The first-order valence-electron chi connectivity index (χ1n) is 8.11. The van der Waals surface area contributed by atoms with E-state index in [4.69, 9.17) is 0 Å². The van der Waals surface area contributed by atoms with Crippen molar-refractivity contribution in [1.82, 2.24) is 0 Å². The van der Waals surface area contributed by atoms with Crippen molar-refractivity contribution in [3.05, 3.63) is 47.5 Å². The summed E-state index contributed by atoms with van der Waals surface area (Å²) in [6, 6.07) is 7.88. The van der Waals surface area contributed by atoms with E-state index >= 15 is 0 Å². The van der Waals surface area contributed by atoms with Gasteiger partial charge in [0.05, 0.1) is 11.5 Å². The maximum Gasteiger partial charge on any atom is 0.185 e. The van der Waals surface area contributed by atoms with Crippen LogP contribution in [0.1, 0.15) is 65.8 Å². The van der Waals surface area contributed by atoms with Crippen LogP contribution in [0.4, 0.5) is 0 Å². The van der Waals surface area contributed by atoms with Gasteiger partial charge >= 0.3 is 0 Å². The Kier molecular flexibility index (Phi) is 3.52. The van der Waals surface area contributed by atoms with Gasteiger partial charge in [-0.1, -0.05) is 32.1 Å². The van der Waals surface area contributed by atoms with Crippen LogP contribution in [-0.4, -0.2) is 11.6 Å². The number of benzene rings is 1. The van der Waals surface area contributed by atoms with Gasteiger partial charge in [0.15, 0.2) is 11.6 Å². The molecule has 0 radical (unpaired) electrons. The summed E-state index contributed by atoms with van der Waals surface area (Å²) >= 11 is 0. The molecule has 2 aliphatic rings. The SMILES string of the molecule is C=CC(=O)c1ccc2c(c1)C(=O)C[C@H]1[C@](C)(C#N)CCC[C@]21C. The number of carbonyl (C=O) groups is 2. The molecule has 0 saturated heterocycles. The van der Waals surface area contributed by atoms with Crippen molar-refractivity contribution in [1.29, 1.82) is 5.26 Å². The minimum atomic E-state index is -0.462. The largest absolute Gasteiger partial charge is 0.294 e. The fourth-order valence-corrected chi connectivity index (χ4v) is 4.62.